The molecule has 5 heteroatoms. The van der Waals surface area contributed by atoms with Crippen LogP contribution in [0, 0.1) is 0 Å². The van der Waals surface area contributed by atoms with E-state index in [1.54, 1.807) is 6.07 Å². The molecule has 3 aliphatic rings. The van der Waals surface area contributed by atoms with E-state index < -0.39 is 0 Å². The molecule has 3 atom stereocenters. The number of rotatable bonds is 7. The molecule has 1 aromatic rings. The Morgan fingerprint density at radius 2 is 1.60 bits per heavy atom. The molecule has 3 aliphatic heterocycles. The Hall–Kier alpha value is -1.30. The van der Waals surface area contributed by atoms with Gasteiger partial charge < -0.3 is 24.2 Å². The van der Waals surface area contributed by atoms with Crippen LogP contribution in [0.4, 0.5) is 5.69 Å². The molecule has 108 valence electrons. The second kappa shape index (κ2) is 4.91. The summed E-state index contributed by atoms with van der Waals surface area (Å²) >= 11 is 0. The predicted octanol–water partition coefficient (Wildman–Crippen LogP) is 0.938. The van der Waals surface area contributed by atoms with E-state index in [-0.39, 0.29) is 6.10 Å². The van der Waals surface area contributed by atoms with Crippen LogP contribution >= 0.6 is 0 Å². The standard InChI is InChI=1S/C15H19NO4/c17-15-2-1-11(3-10(15)4-12-7-18-12)16(5-13-8-19-13)6-14-9-20-14/h1-3,12-14,17H,4-9H2. The summed E-state index contributed by atoms with van der Waals surface area (Å²) in [5, 5.41) is 9.96. The summed E-state index contributed by atoms with van der Waals surface area (Å²) in [5.74, 6) is 0.356. The lowest BCUT2D eigenvalue weighted by atomic mass is 10.1. The Bertz CT molecular complexity index is 481. The van der Waals surface area contributed by atoms with Gasteiger partial charge in [-0.1, -0.05) is 0 Å². The average Bonchev–Trinajstić information content (AvgIpc) is 3.25. The minimum Gasteiger partial charge on any atom is -0.508 e. The summed E-state index contributed by atoms with van der Waals surface area (Å²) < 4.78 is 15.9. The van der Waals surface area contributed by atoms with E-state index in [9.17, 15) is 5.11 Å². The zero-order chi connectivity index (χ0) is 13.5. The molecule has 3 fully saturated rings. The van der Waals surface area contributed by atoms with E-state index in [1.165, 1.54) is 0 Å². The van der Waals surface area contributed by atoms with Gasteiger partial charge in [-0.3, -0.25) is 0 Å². The Morgan fingerprint density at radius 3 is 2.15 bits per heavy atom. The number of phenolic OH excluding ortho intramolecular Hbond substituents is 1. The fraction of sp³-hybridized carbons (Fsp3) is 0.600. The third-order valence-electron chi connectivity index (χ3n) is 3.93. The van der Waals surface area contributed by atoms with Gasteiger partial charge in [0.1, 0.15) is 5.75 Å². The number of benzene rings is 1. The lowest BCUT2D eigenvalue weighted by molar-refractivity contribution is 0.388. The number of nitrogens with zero attached hydrogens (tertiary/aromatic N) is 1. The van der Waals surface area contributed by atoms with Crippen LogP contribution in [0.15, 0.2) is 18.2 Å². The summed E-state index contributed by atoms with van der Waals surface area (Å²) in [7, 11) is 0. The van der Waals surface area contributed by atoms with Crippen molar-refractivity contribution in [1.29, 1.82) is 0 Å². The van der Waals surface area contributed by atoms with E-state index >= 15 is 0 Å². The highest BCUT2D eigenvalue weighted by Crippen LogP contribution is 2.30. The van der Waals surface area contributed by atoms with Gasteiger partial charge in [0.05, 0.1) is 38.1 Å². The molecular formula is C15H19NO4. The Labute approximate surface area is 118 Å². The molecule has 4 rings (SSSR count). The largest absolute Gasteiger partial charge is 0.508 e. The smallest absolute Gasteiger partial charge is 0.119 e. The first-order valence-electron chi connectivity index (χ1n) is 7.19. The van der Waals surface area contributed by atoms with Gasteiger partial charge in [-0.15, -0.1) is 0 Å². The maximum absolute atomic E-state index is 9.96. The van der Waals surface area contributed by atoms with Gasteiger partial charge in [-0.05, 0) is 23.8 Å². The molecule has 5 nitrogen and oxygen atoms in total. The van der Waals surface area contributed by atoms with E-state index in [2.05, 4.69) is 11.0 Å². The van der Waals surface area contributed by atoms with Gasteiger partial charge in [-0.25, -0.2) is 0 Å². The van der Waals surface area contributed by atoms with Crippen LogP contribution < -0.4 is 4.90 Å². The molecule has 0 aliphatic carbocycles. The zero-order valence-electron chi connectivity index (χ0n) is 11.3. The first-order chi connectivity index (χ1) is 9.78. The van der Waals surface area contributed by atoms with Crippen molar-refractivity contribution in [2.45, 2.75) is 24.7 Å². The van der Waals surface area contributed by atoms with Crippen LogP contribution in [0.2, 0.25) is 0 Å². The van der Waals surface area contributed by atoms with Crippen LogP contribution in [-0.2, 0) is 20.6 Å². The Balaban J connectivity index is 1.52. The number of aromatic hydroxyl groups is 1. The molecule has 0 spiro atoms. The molecule has 0 radical (unpaired) electrons. The van der Waals surface area contributed by atoms with Crippen molar-refractivity contribution >= 4 is 5.69 Å². The molecule has 3 saturated heterocycles. The number of phenols is 1. The molecular weight excluding hydrogens is 258 g/mol. The molecule has 0 aromatic heterocycles. The molecule has 0 saturated carbocycles. The van der Waals surface area contributed by atoms with Crippen LogP contribution in [-0.4, -0.2) is 56.3 Å². The van der Waals surface area contributed by atoms with E-state index in [0.717, 1.165) is 50.6 Å². The minimum atomic E-state index is 0.281. The number of ether oxygens (including phenoxy) is 3. The van der Waals surface area contributed by atoms with Gasteiger partial charge in [-0.2, -0.15) is 0 Å². The fourth-order valence-electron chi connectivity index (χ4n) is 2.49. The molecule has 0 amide bonds. The van der Waals surface area contributed by atoms with E-state index in [0.29, 0.717) is 18.0 Å². The second-order valence-electron chi connectivity index (χ2n) is 5.79. The summed E-state index contributed by atoms with van der Waals surface area (Å²) in [6.45, 7) is 4.29. The van der Waals surface area contributed by atoms with E-state index in [4.69, 9.17) is 14.2 Å². The highest BCUT2D eigenvalue weighted by atomic mass is 16.6. The number of epoxide rings is 3. The highest BCUT2D eigenvalue weighted by molar-refractivity contribution is 5.53. The monoisotopic (exact) mass is 277 g/mol. The van der Waals surface area contributed by atoms with Crippen molar-refractivity contribution in [3.63, 3.8) is 0 Å². The zero-order valence-corrected chi connectivity index (χ0v) is 11.3. The predicted molar refractivity (Wildman–Crippen MR) is 73.2 cm³/mol. The quantitative estimate of drug-likeness (QED) is 0.752. The third kappa shape index (κ3) is 3.06. The summed E-state index contributed by atoms with van der Waals surface area (Å²) in [5.41, 5.74) is 2.09. The van der Waals surface area contributed by atoms with Crippen molar-refractivity contribution in [3.05, 3.63) is 23.8 Å². The lowest BCUT2D eigenvalue weighted by Crippen LogP contribution is -2.31. The lowest BCUT2D eigenvalue weighted by Gasteiger charge is -2.24. The van der Waals surface area contributed by atoms with Gasteiger partial charge >= 0.3 is 0 Å². The Morgan fingerprint density at radius 1 is 1.00 bits per heavy atom. The van der Waals surface area contributed by atoms with Gasteiger partial charge in [0.15, 0.2) is 0 Å². The maximum atomic E-state index is 9.96. The van der Waals surface area contributed by atoms with Gasteiger partial charge in [0, 0.05) is 25.2 Å². The molecule has 3 unspecified atom stereocenters. The van der Waals surface area contributed by atoms with Crippen LogP contribution in [0.3, 0.4) is 0 Å². The van der Waals surface area contributed by atoms with E-state index in [1.807, 2.05) is 6.07 Å². The SMILES string of the molecule is Oc1ccc(N(CC2CO2)CC2CO2)cc1CC1CO1. The normalized spacial score (nSPS) is 30.1. The van der Waals surface area contributed by atoms with Crippen molar-refractivity contribution in [2.24, 2.45) is 0 Å². The summed E-state index contributed by atoms with van der Waals surface area (Å²) in [6, 6.07) is 5.82. The second-order valence-corrected chi connectivity index (χ2v) is 5.79. The van der Waals surface area contributed by atoms with Crippen molar-refractivity contribution in [1.82, 2.24) is 0 Å². The highest BCUT2D eigenvalue weighted by Gasteiger charge is 2.31. The number of hydrogen-bond donors (Lipinski definition) is 1. The maximum Gasteiger partial charge on any atom is 0.119 e. The molecule has 0 bridgehead atoms. The first-order valence-corrected chi connectivity index (χ1v) is 7.19. The first kappa shape index (κ1) is 12.4. The van der Waals surface area contributed by atoms with Crippen molar-refractivity contribution < 1.29 is 19.3 Å². The fourth-order valence-corrected chi connectivity index (χ4v) is 2.49. The number of anilines is 1. The Kier molecular flexibility index (Phi) is 3.06. The van der Waals surface area contributed by atoms with Gasteiger partial charge in [0.25, 0.3) is 0 Å². The van der Waals surface area contributed by atoms with Crippen LogP contribution in [0.25, 0.3) is 0 Å². The average molecular weight is 277 g/mol. The molecule has 20 heavy (non-hydrogen) atoms. The minimum absolute atomic E-state index is 0.281. The van der Waals surface area contributed by atoms with Crippen LogP contribution in [0.5, 0.6) is 5.75 Å². The topological polar surface area (TPSA) is 61.1 Å². The number of hydrogen-bond acceptors (Lipinski definition) is 5. The van der Waals surface area contributed by atoms with Crippen molar-refractivity contribution in [3.8, 4) is 5.75 Å². The van der Waals surface area contributed by atoms with Crippen molar-refractivity contribution in [2.75, 3.05) is 37.8 Å². The third-order valence-corrected chi connectivity index (χ3v) is 3.93. The molecule has 1 N–H and O–H groups in total. The summed E-state index contributed by atoms with van der Waals surface area (Å²) in [4.78, 5) is 2.30. The van der Waals surface area contributed by atoms with Crippen LogP contribution in [0.1, 0.15) is 5.56 Å². The molecule has 3 heterocycles. The molecule has 1 aromatic carbocycles. The summed E-state index contributed by atoms with van der Waals surface area (Å²) in [6.07, 6.45) is 1.76. The van der Waals surface area contributed by atoms with Gasteiger partial charge in [0.2, 0.25) is 0 Å².